The van der Waals surface area contributed by atoms with Gasteiger partial charge in [-0.1, -0.05) is 0 Å². The molecule has 0 aromatic heterocycles. The van der Waals surface area contributed by atoms with Gasteiger partial charge in [-0.15, -0.1) is 0 Å². The van der Waals surface area contributed by atoms with Crippen LogP contribution in [0.2, 0.25) is 0 Å². The highest BCUT2D eigenvalue weighted by atomic mass is 16.5. The molecule has 1 heterocycles. The average molecular weight is 358 g/mol. The van der Waals surface area contributed by atoms with Crippen molar-refractivity contribution in [3.8, 4) is 11.8 Å². The molecule has 0 amide bonds. The zero-order valence-electron chi connectivity index (χ0n) is 14.5. The van der Waals surface area contributed by atoms with Crippen LogP contribution in [0.15, 0.2) is 41.0 Å². The number of allylic oxidation sites excluding steroid dienone is 2. The second-order valence-electron chi connectivity index (χ2n) is 5.42. The smallest absolute Gasteiger partial charge is 0.338 e. The van der Waals surface area contributed by atoms with Gasteiger partial charge in [-0.25, -0.2) is 9.59 Å². The average Bonchev–Trinajstić information content (AvgIpc) is 2.60. The summed E-state index contributed by atoms with van der Waals surface area (Å²) in [5.41, 5.74) is 6.19. The van der Waals surface area contributed by atoms with Crippen LogP contribution in [0.5, 0.6) is 5.75 Å². The fourth-order valence-electron chi connectivity index (χ4n) is 2.72. The van der Waals surface area contributed by atoms with Crippen LogP contribution in [0, 0.1) is 11.3 Å². The van der Waals surface area contributed by atoms with Crippen molar-refractivity contribution in [3.05, 3.63) is 52.1 Å². The summed E-state index contributed by atoms with van der Waals surface area (Å²) < 4.78 is 15.5. The number of aromatic carboxylic acids is 1. The van der Waals surface area contributed by atoms with Crippen molar-refractivity contribution in [2.24, 2.45) is 5.73 Å². The number of methoxy groups -OCH3 is 1. The van der Waals surface area contributed by atoms with E-state index in [-0.39, 0.29) is 40.7 Å². The van der Waals surface area contributed by atoms with E-state index in [2.05, 4.69) is 0 Å². The van der Waals surface area contributed by atoms with Crippen LogP contribution in [-0.4, -0.2) is 30.8 Å². The van der Waals surface area contributed by atoms with Gasteiger partial charge in [-0.2, -0.15) is 5.26 Å². The zero-order chi connectivity index (χ0) is 19.4. The molecule has 2 rings (SSSR count). The molecule has 26 heavy (non-hydrogen) atoms. The molecule has 1 unspecified atom stereocenters. The Labute approximate surface area is 150 Å². The van der Waals surface area contributed by atoms with Gasteiger partial charge in [-0.05, 0) is 37.6 Å². The van der Waals surface area contributed by atoms with Crippen molar-refractivity contribution in [1.29, 1.82) is 5.26 Å². The van der Waals surface area contributed by atoms with Gasteiger partial charge < -0.3 is 25.1 Å². The Kier molecular flexibility index (Phi) is 5.52. The predicted octanol–water partition coefficient (Wildman–Crippen LogP) is 2.04. The number of benzene rings is 1. The van der Waals surface area contributed by atoms with Gasteiger partial charge in [0.1, 0.15) is 23.2 Å². The Morgan fingerprint density at radius 3 is 2.62 bits per heavy atom. The van der Waals surface area contributed by atoms with Crippen LogP contribution < -0.4 is 10.5 Å². The molecule has 0 saturated carbocycles. The molecule has 3 N–H and O–H groups in total. The summed E-state index contributed by atoms with van der Waals surface area (Å²) in [7, 11) is 1.39. The molecule has 0 radical (unpaired) electrons. The van der Waals surface area contributed by atoms with Gasteiger partial charge in [-0.3, -0.25) is 0 Å². The number of nitrogens with two attached hydrogens (primary N) is 1. The number of hydrogen-bond donors (Lipinski definition) is 2. The summed E-state index contributed by atoms with van der Waals surface area (Å²) in [5.74, 6) is -2.47. The first kappa shape index (κ1) is 18.9. The van der Waals surface area contributed by atoms with Gasteiger partial charge in [0.05, 0.1) is 30.8 Å². The van der Waals surface area contributed by atoms with Crippen molar-refractivity contribution < 1.29 is 28.9 Å². The van der Waals surface area contributed by atoms with Gasteiger partial charge in [0, 0.05) is 0 Å². The lowest BCUT2D eigenvalue weighted by Crippen LogP contribution is -2.25. The van der Waals surface area contributed by atoms with E-state index in [1.54, 1.807) is 13.0 Å². The normalized spacial score (nSPS) is 16.6. The minimum atomic E-state index is -1.17. The lowest BCUT2D eigenvalue weighted by molar-refractivity contribution is -0.139. The summed E-state index contributed by atoms with van der Waals surface area (Å²) in [6, 6.07) is 6.17. The number of carbonyl (C=O) groups excluding carboxylic acids is 1. The molecular weight excluding hydrogens is 340 g/mol. The number of nitriles is 1. The number of hydrogen-bond acceptors (Lipinski definition) is 7. The van der Waals surface area contributed by atoms with Gasteiger partial charge in [0.15, 0.2) is 0 Å². The van der Waals surface area contributed by atoms with E-state index < -0.39 is 17.9 Å². The first-order chi connectivity index (χ1) is 12.3. The maximum absolute atomic E-state index is 12.5. The molecule has 8 nitrogen and oxygen atoms in total. The molecule has 0 bridgehead atoms. The third-order valence-electron chi connectivity index (χ3n) is 3.85. The lowest BCUT2D eigenvalue weighted by Gasteiger charge is -2.27. The number of rotatable bonds is 5. The topological polar surface area (TPSA) is 132 Å². The summed E-state index contributed by atoms with van der Waals surface area (Å²) in [6.07, 6.45) is 0. The monoisotopic (exact) mass is 358 g/mol. The van der Waals surface area contributed by atoms with Crippen LogP contribution in [0.25, 0.3) is 0 Å². The molecular formula is C18H18N2O6. The number of nitrogens with zero attached hydrogens (tertiary/aromatic N) is 1. The molecule has 0 spiro atoms. The number of carboxylic acids is 1. The molecule has 1 atom stereocenters. The fraction of sp³-hybridized carbons (Fsp3) is 0.278. The minimum Gasteiger partial charge on any atom is -0.497 e. The molecule has 0 saturated heterocycles. The second-order valence-corrected chi connectivity index (χ2v) is 5.42. The van der Waals surface area contributed by atoms with Crippen LogP contribution in [0.1, 0.15) is 35.7 Å². The van der Waals surface area contributed by atoms with Crippen molar-refractivity contribution in [2.45, 2.75) is 19.8 Å². The van der Waals surface area contributed by atoms with Gasteiger partial charge in [0.2, 0.25) is 5.88 Å². The Bertz CT molecular complexity index is 863. The van der Waals surface area contributed by atoms with Gasteiger partial charge >= 0.3 is 11.9 Å². The predicted molar refractivity (Wildman–Crippen MR) is 89.9 cm³/mol. The Morgan fingerprint density at radius 2 is 2.08 bits per heavy atom. The summed E-state index contributed by atoms with van der Waals surface area (Å²) >= 11 is 0. The molecule has 1 aliphatic rings. The minimum absolute atomic E-state index is 0.0109. The fourth-order valence-corrected chi connectivity index (χ4v) is 2.72. The molecule has 0 fully saturated rings. The highest BCUT2D eigenvalue weighted by Crippen LogP contribution is 2.40. The highest BCUT2D eigenvalue weighted by Gasteiger charge is 2.36. The summed E-state index contributed by atoms with van der Waals surface area (Å²) in [5, 5.41) is 18.9. The number of esters is 1. The van der Waals surface area contributed by atoms with E-state index in [0.717, 1.165) is 0 Å². The number of carboxylic acid groups (broad SMARTS) is 1. The largest absolute Gasteiger partial charge is 0.497 e. The van der Waals surface area contributed by atoms with E-state index in [9.17, 15) is 20.0 Å². The summed E-state index contributed by atoms with van der Waals surface area (Å²) in [6.45, 7) is 3.30. The first-order valence-electron chi connectivity index (χ1n) is 7.71. The van der Waals surface area contributed by atoms with Crippen LogP contribution in [-0.2, 0) is 14.3 Å². The van der Waals surface area contributed by atoms with Crippen molar-refractivity contribution in [3.63, 3.8) is 0 Å². The number of carbonyl (C=O) groups is 2. The van der Waals surface area contributed by atoms with Crippen LogP contribution >= 0.6 is 0 Å². The van der Waals surface area contributed by atoms with E-state index >= 15 is 0 Å². The Balaban J connectivity index is 2.73. The molecule has 1 aromatic carbocycles. The SMILES string of the molecule is CCOC(=O)C1=C(C)OC(N)=C(C#N)C1c1cc(OC)cc(C(=O)O)c1. The van der Waals surface area contributed by atoms with Crippen LogP contribution in [0.3, 0.4) is 0 Å². The van der Waals surface area contributed by atoms with Crippen molar-refractivity contribution >= 4 is 11.9 Å². The Morgan fingerprint density at radius 1 is 1.38 bits per heavy atom. The maximum Gasteiger partial charge on any atom is 0.338 e. The third-order valence-corrected chi connectivity index (χ3v) is 3.85. The maximum atomic E-state index is 12.5. The highest BCUT2D eigenvalue weighted by molar-refractivity contribution is 5.93. The van der Waals surface area contributed by atoms with Crippen molar-refractivity contribution in [1.82, 2.24) is 0 Å². The zero-order valence-corrected chi connectivity index (χ0v) is 14.5. The van der Waals surface area contributed by atoms with Crippen molar-refractivity contribution in [2.75, 3.05) is 13.7 Å². The van der Waals surface area contributed by atoms with E-state index in [4.69, 9.17) is 19.9 Å². The first-order valence-corrected chi connectivity index (χ1v) is 7.71. The van der Waals surface area contributed by atoms with Gasteiger partial charge in [0.25, 0.3) is 0 Å². The van der Waals surface area contributed by atoms with E-state index in [1.165, 1.54) is 26.2 Å². The second kappa shape index (κ2) is 7.61. The van der Waals surface area contributed by atoms with Crippen LogP contribution in [0.4, 0.5) is 0 Å². The lowest BCUT2D eigenvalue weighted by atomic mass is 9.82. The molecule has 1 aromatic rings. The molecule has 1 aliphatic heterocycles. The van der Waals surface area contributed by atoms with E-state index in [1.807, 2.05) is 6.07 Å². The number of ether oxygens (including phenoxy) is 3. The standard InChI is InChI=1S/C18H18N2O6/c1-4-25-18(23)14-9(2)26-16(20)13(8-19)15(14)10-5-11(17(21)22)7-12(6-10)24-3/h5-7,15H,4,20H2,1-3H3,(H,21,22). The molecule has 0 aliphatic carbocycles. The molecule has 8 heteroatoms. The molecule has 136 valence electrons. The third kappa shape index (κ3) is 3.47. The summed E-state index contributed by atoms with van der Waals surface area (Å²) in [4.78, 5) is 23.9. The Hall–Kier alpha value is -3.47. The quantitative estimate of drug-likeness (QED) is 0.764. The van der Waals surface area contributed by atoms with E-state index in [0.29, 0.717) is 5.56 Å².